The van der Waals surface area contributed by atoms with Crippen molar-refractivity contribution in [2.75, 3.05) is 12.4 Å². The molecule has 0 atom stereocenters. The van der Waals surface area contributed by atoms with E-state index in [0.29, 0.717) is 17.2 Å². The fourth-order valence-corrected chi connectivity index (χ4v) is 2.98. The molecule has 2 aromatic rings. The molecule has 0 bridgehead atoms. The number of carbonyl (C=O) groups is 2. The quantitative estimate of drug-likeness (QED) is 0.875. The molecule has 2 N–H and O–H groups in total. The second kappa shape index (κ2) is 6.70. The fraction of sp³-hybridized carbons (Fsp3) is 0.368. The van der Waals surface area contributed by atoms with Gasteiger partial charge in [-0.3, -0.25) is 9.59 Å². The Labute approximate surface area is 146 Å². The van der Waals surface area contributed by atoms with E-state index >= 15 is 0 Å². The van der Waals surface area contributed by atoms with Crippen molar-refractivity contribution in [3.05, 3.63) is 52.6 Å². The summed E-state index contributed by atoms with van der Waals surface area (Å²) < 4.78 is 15.9. The number of benzene rings is 1. The molecule has 0 radical (unpaired) electrons. The maximum atomic E-state index is 13.7. The molecule has 2 amide bonds. The molecule has 6 heteroatoms. The average Bonchev–Trinajstić information content (AvgIpc) is 3.37. The molecule has 1 aliphatic rings. The summed E-state index contributed by atoms with van der Waals surface area (Å²) in [6.07, 6.45) is 2.49. The minimum atomic E-state index is -0.625. The first-order valence-electron chi connectivity index (χ1n) is 8.40. The normalized spacial score (nSPS) is 13.6. The summed E-state index contributed by atoms with van der Waals surface area (Å²) in [5.74, 6) is -0.700. The molecule has 0 saturated heterocycles. The van der Waals surface area contributed by atoms with Gasteiger partial charge in [-0.2, -0.15) is 0 Å². The van der Waals surface area contributed by atoms with Gasteiger partial charge in [0.25, 0.3) is 11.8 Å². The first-order chi connectivity index (χ1) is 11.9. The van der Waals surface area contributed by atoms with E-state index in [2.05, 4.69) is 15.2 Å². The topological polar surface area (TPSA) is 63.1 Å². The Balaban J connectivity index is 1.82. The van der Waals surface area contributed by atoms with E-state index < -0.39 is 11.7 Å². The van der Waals surface area contributed by atoms with Crippen molar-refractivity contribution >= 4 is 17.5 Å². The molecular formula is C19H22FN3O2. The lowest BCUT2D eigenvalue weighted by Gasteiger charge is -2.10. The van der Waals surface area contributed by atoms with Gasteiger partial charge >= 0.3 is 0 Å². The third-order valence-corrected chi connectivity index (χ3v) is 4.65. The Bertz CT molecular complexity index is 837. The molecule has 1 heterocycles. The molecule has 1 aliphatic carbocycles. The van der Waals surface area contributed by atoms with Crippen molar-refractivity contribution in [2.45, 2.75) is 33.2 Å². The van der Waals surface area contributed by atoms with Gasteiger partial charge in [-0.05, 0) is 56.9 Å². The maximum Gasteiger partial charge on any atom is 0.257 e. The number of aromatic nitrogens is 1. The molecule has 1 aromatic heterocycles. The van der Waals surface area contributed by atoms with Crippen LogP contribution in [0, 0.1) is 25.6 Å². The molecule has 1 saturated carbocycles. The van der Waals surface area contributed by atoms with Gasteiger partial charge in [0.1, 0.15) is 5.82 Å². The van der Waals surface area contributed by atoms with Crippen LogP contribution in [0.4, 0.5) is 10.1 Å². The highest BCUT2D eigenvalue weighted by Crippen LogP contribution is 2.32. The number of carbonyl (C=O) groups excluding carboxylic acids is 2. The van der Waals surface area contributed by atoms with Crippen LogP contribution in [0.5, 0.6) is 0 Å². The van der Waals surface area contributed by atoms with E-state index in [4.69, 9.17) is 0 Å². The van der Waals surface area contributed by atoms with Crippen molar-refractivity contribution in [3.63, 3.8) is 0 Å². The van der Waals surface area contributed by atoms with Crippen molar-refractivity contribution in [2.24, 2.45) is 5.92 Å². The molecule has 0 spiro atoms. The highest BCUT2D eigenvalue weighted by Gasteiger charge is 2.24. The molecule has 25 heavy (non-hydrogen) atoms. The zero-order valence-corrected chi connectivity index (χ0v) is 14.6. The number of hydrogen-bond acceptors (Lipinski definition) is 2. The van der Waals surface area contributed by atoms with E-state index in [-0.39, 0.29) is 11.5 Å². The van der Waals surface area contributed by atoms with Gasteiger partial charge in [0.15, 0.2) is 0 Å². The number of halogens is 1. The zero-order valence-electron chi connectivity index (χ0n) is 14.6. The van der Waals surface area contributed by atoms with Crippen LogP contribution < -0.4 is 10.6 Å². The van der Waals surface area contributed by atoms with Crippen molar-refractivity contribution in [1.29, 1.82) is 0 Å². The summed E-state index contributed by atoms with van der Waals surface area (Å²) in [7, 11) is 1.43. The van der Waals surface area contributed by atoms with E-state index in [0.717, 1.165) is 17.9 Å². The molecule has 5 nitrogen and oxygen atoms in total. The summed E-state index contributed by atoms with van der Waals surface area (Å²) in [5.41, 5.74) is 2.87. The Kier molecular flexibility index (Phi) is 4.61. The number of rotatable bonds is 5. The fourth-order valence-electron chi connectivity index (χ4n) is 2.98. The summed E-state index contributed by atoms with van der Waals surface area (Å²) in [5, 5.41) is 5.14. The Morgan fingerprint density at radius 2 is 1.88 bits per heavy atom. The largest absolute Gasteiger partial charge is 0.355 e. The van der Waals surface area contributed by atoms with Crippen LogP contribution in [0.3, 0.4) is 0 Å². The molecule has 0 aliphatic heterocycles. The summed E-state index contributed by atoms with van der Waals surface area (Å²) in [6.45, 7) is 4.88. The van der Waals surface area contributed by atoms with Gasteiger partial charge in [-0.25, -0.2) is 4.39 Å². The predicted octanol–water partition coefficient (Wildman–Crippen LogP) is 3.27. The lowest BCUT2D eigenvalue weighted by molar-refractivity contribution is 0.0957. The first kappa shape index (κ1) is 17.2. The second-order valence-electron chi connectivity index (χ2n) is 6.57. The van der Waals surface area contributed by atoms with E-state index in [9.17, 15) is 14.0 Å². The van der Waals surface area contributed by atoms with Crippen molar-refractivity contribution in [1.82, 2.24) is 9.88 Å². The van der Waals surface area contributed by atoms with Crippen LogP contribution in [0.25, 0.3) is 0 Å². The highest BCUT2D eigenvalue weighted by molar-refractivity contribution is 6.06. The zero-order chi connectivity index (χ0) is 18.1. The lowest BCUT2D eigenvalue weighted by atomic mass is 10.1. The maximum absolute atomic E-state index is 13.7. The first-order valence-corrected chi connectivity index (χ1v) is 8.40. The minimum Gasteiger partial charge on any atom is -0.355 e. The number of hydrogen-bond donors (Lipinski definition) is 2. The monoisotopic (exact) mass is 343 g/mol. The van der Waals surface area contributed by atoms with Crippen molar-refractivity contribution < 1.29 is 14.0 Å². The lowest BCUT2D eigenvalue weighted by Crippen LogP contribution is -2.20. The summed E-state index contributed by atoms with van der Waals surface area (Å²) in [4.78, 5) is 24.3. The van der Waals surface area contributed by atoms with Gasteiger partial charge in [0.05, 0.1) is 11.1 Å². The standard InChI is InChI=1S/C19H22FN3O2/c1-11-8-15(12(2)23(11)10-13-4-5-13)19(25)22-14-6-7-17(20)16(9-14)18(24)21-3/h6-9,13H,4-5,10H2,1-3H3,(H,21,24)(H,22,25). The van der Waals surface area contributed by atoms with Crippen LogP contribution in [0.15, 0.2) is 24.3 Å². The van der Waals surface area contributed by atoms with Crippen LogP contribution in [0.1, 0.15) is 44.9 Å². The predicted molar refractivity (Wildman–Crippen MR) is 94.4 cm³/mol. The smallest absolute Gasteiger partial charge is 0.257 e. The number of aryl methyl sites for hydroxylation is 1. The van der Waals surface area contributed by atoms with Crippen molar-refractivity contribution in [3.8, 4) is 0 Å². The van der Waals surface area contributed by atoms with Crippen LogP contribution in [-0.2, 0) is 6.54 Å². The molecule has 1 aromatic carbocycles. The molecule has 3 rings (SSSR count). The number of nitrogens with zero attached hydrogens (tertiary/aromatic N) is 1. The van der Waals surface area contributed by atoms with Gasteiger partial charge in [0, 0.05) is 30.7 Å². The second-order valence-corrected chi connectivity index (χ2v) is 6.57. The molecule has 0 unspecified atom stereocenters. The third-order valence-electron chi connectivity index (χ3n) is 4.65. The molecular weight excluding hydrogens is 321 g/mol. The number of nitrogens with one attached hydrogen (secondary N) is 2. The van der Waals surface area contributed by atoms with Gasteiger partial charge in [-0.1, -0.05) is 0 Å². The van der Waals surface area contributed by atoms with E-state index in [1.54, 1.807) is 0 Å². The van der Waals surface area contributed by atoms with E-state index in [1.165, 1.54) is 38.1 Å². The van der Waals surface area contributed by atoms with Crippen LogP contribution >= 0.6 is 0 Å². The van der Waals surface area contributed by atoms with Gasteiger partial charge in [0.2, 0.25) is 0 Å². The Morgan fingerprint density at radius 3 is 2.52 bits per heavy atom. The Hall–Kier alpha value is -2.63. The molecule has 1 fully saturated rings. The van der Waals surface area contributed by atoms with Gasteiger partial charge < -0.3 is 15.2 Å². The molecule has 132 valence electrons. The SMILES string of the molecule is CNC(=O)c1cc(NC(=O)c2cc(C)n(CC3CC3)c2C)ccc1F. The van der Waals surface area contributed by atoms with Crippen LogP contribution in [-0.4, -0.2) is 23.4 Å². The average molecular weight is 343 g/mol. The summed E-state index contributed by atoms with van der Waals surface area (Å²) >= 11 is 0. The highest BCUT2D eigenvalue weighted by atomic mass is 19.1. The van der Waals surface area contributed by atoms with E-state index in [1.807, 2.05) is 19.9 Å². The Morgan fingerprint density at radius 1 is 1.16 bits per heavy atom. The minimum absolute atomic E-state index is 0.0977. The van der Waals surface area contributed by atoms with Gasteiger partial charge in [-0.15, -0.1) is 0 Å². The third kappa shape index (κ3) is 3.57. The van der Waals surface area contributed by atoms with Crippen LogP contribution in [0.2, 0.25) is 0 Å². The number of amides is 2. The number of anilines is 1. The summed E-state index contributed by atoms with van der Waals surface area (Å²) in [6, 6.07) is 5.84.